The maximum absolute atomic E-state index is 5.56. The summed E-state index contributed by atoms with van der Waals surface area (Å²) in [6.07, 6.45) is 1.66. The predicted octanol–water partition coefficient (Wildman–Crippen LogP) is 1.57. The van der Waals surface area contributed by atoms with Crippen molar-refractivity contribution in [1.82, 2.24) is 4.98 Å². The number of nitrogen functional groups attached to an aromatic ring is 1. The van der Waals surface area contributed by atoms with Gasteiger partial charge in [0.05, 0.1) is 6.61 Å². The molecular weight excluding hydrogens is 208 g/mol. The van der Waals surface area contributed by atoms with Crippen molar-refractivity contribution in [2.45, 2.75) is 6.61 Å². The Morgan fingerprint density at radius 1 is 1.73 bits per heavy atom. The molecule has 0 spiro atoms. The number of anilines is 1. The summed E-state index contributed by atoms with van der Waals surface area (Å²) in [6, 6.07) is 1.89. The van der Waals surface area contributed by atoms with Crippen LogP contribution in [-0.4, -0.2) is 12.1 Å². The molecule has 0 bridgehead atoms. The average Bonchev–Trinajstić information content (AvgIpc) is 1.98. The molecule has 1 aromatic rings. The molecule has 1 heterocycles. The SMILES string of the molecule is COCc1cc(Br)cnc1N. The molecule has 0 aromatic carbocycles. The summed E-state index contributed by atoms with van der Waals surface area (Å²) >= 11 is 3.29. The van der Waals surface area contributed by atoms with Gasteiger partial charge in [-0.1, -0.05) is 0 Å². The van der Waals surface area contributed by atoms with Crippen molar-refractivity contribution in [3.05, 3.63) is 22.3 Å². The van der Waals surface area contributed by atoms with Gasteiger partial charge < -0.3 is 10.5 Å². The van der Waals surface area contributed by atoms with Crippen LogP contribution < -0.4 is 5.73 Å². The van der Waals surface area contributed by atoms with E-state index in [9.17, 15) is 0 Å². The second kappa shape index (κ2) is 3.69. The lowest BCUT2D eigenvalue weighted by molar-refractivity contribution is 0.185. The Kier molecular flexibility index (Phi) is 2.84. The van der Waals surface area contributed by atoms with E-state index in [4.69, 9.17) is 10.5 Å². The minimum atomic E-state index is 0.498. The number of hydrogen-bond donors (Lipinski definition) is 1. The maximum Gasteiger partial charge on any atom is 0.128 e. The monoisotopic (exact) mass is 216 g/mol. The van der Waals surface area contributed by atoms with Gasteiger partial charge in [-0.3, -0.25) is 0 Å². The Morgan fingerprint density at radius 3 is 3.09 bits per heavy atom. The molecule has 0 amide bonds. The highest BCUT2D eigenvalue weighted by Crippen LogP contribution is 2.15. The molecule has 11 heavy (non-hydrogen) atoms. The largest absolute Gasteiger partial charge is 0.383 e. The first kappa shape index (κ1) is 8.49. The highest BCUT2D eigenvalue weighted by atomic mass is 79.9. The Morgan fingerprint density at radius 2 is 2.45 bits per heavy atom. The van der Waals surface area contributed by atoms with Gasteiger partial charge in [-0.25, -0.2) is 4.98 Å². The minimum Gasteiger partial charge on any atom is -0.383 e. The van der Waals surface area contributed by atoms with Crippen molar-refractivity contribution in [1.29, 1.82) is 0 Å². The summed E-state index contributed by atoms with van der Waals surface area (Å²) in [5.74, 6) is 0.523. The van der Waals surface area contributed by atoms with Gasteiger partial charge in [0.25, 0.3) is 0 Å². The number of nitrogens with two attached hydrogens (primary N) is 1. The van der Waals surface area contributed by atoms with Crippen molar-refractivity contribution in [2.75, 3.05) is 12.8 Å². The highest BCUT2D eigenvalue weighted by molar-refractivity contribution is 9.10. The van der Waals surface area contributed by atoms with Crippen LogP contribution in [0, 0.1) is 0 Å². The van der Waals surface area contributed by atoms with E-state index < -0.39 is 0 Å². The van der Waals surface area contributed by atoms with Gasteiger partial charge in [0.2, 0.25) is 0 Å². The lowest BCUT2D eigenvalue weighted by Gasteiger charge is -2.02. The highest BCUT2D eigenvalue weighted by Gasteiger charge is 1.99. The van der Waals surface area contributed by atoms with Crippen LogP contribution in [0.1, 0.15) is 5.56 Å². The smallest absolute Gasteiger partial charge is 0.128 e. The Labute approximate surface area is 73.7 Å². The molecule has 0 fully saturated rings. The van der Waals surface area contributed by atoms with E-state index in [2.05, 4.69) is 20.9 Å². The molecule has 0 aliphatic carbocycles. The summed E-state index contributed by atoms with van der Waals surface area (Å²) in [4.78, 5) is 3.95. The molecule has 1 aromatic heterocycles. The number of hydrogen-bond acceptors (Lipinski definition) is 3. The number of methoxy groups -OCH3 is 1. The van der Waals surface area contributed by atoms with E-state index in [1.807, 2.05) is 6.07 Å². The van der Waals surface area contributed by atoms with Gasteiger partial charge in [-0.15, -0.1) is 0 Å². The predicted molar refractivity (Wildman–Crippen MR) is 47.1 cm³/mol. The van der Waals surface area contributed by atoms with Gasteiger partial charge in [-0.05, 0) is 22.0 Å². The molecular formula is C7H9BrN2O. The first-order chi connectivity index (χ1) is 5.24. The molecule has 60 valence electrons. The third-order valence-corrected chi connectivity index (χ3v) is 1.70. The van der Waals surface area contributed by atoms with Gasteiger partial charge in [0, 0.05) is 23.3 Å². The Balaban J connectivity index is 2.93. The second-order valence-corrected chi connectivity index (χ2v) is 3.05. The third kappa shape index (κ3) is 2.17. The van der Waals surface area contributed by atoms with Gasteiger partial charge >= 0.3 is 0 Å². The molecule has 0 aliphatic heterocycles. The number of pyridine rings is 1. The van der Waals surface area contributed by atoms with Gasteiger partial charge in [0.1, 0.15) is 5.82 Å². The van der Waals surface area contributed by atoms with Crippen LogP contribution in [0.25, 0.3) is 0 Å². The van der Waals surface area contributed by atoms with Crippen LogP contribution in [0.3, 0.4) is 0 Å². The zero-order valence-corrected chi connectivity index (χ0v) is 7.76. The molecule has 0 aliphatic rings. The first-order valence-corrected chi connectivity index (χ1v) is 3.92. The van der Waals surface area contributed by atoms with E-state index in [1.54, 1.807) is 13.3 Å². The normalized spacial score (nSPS) is 10.0. The van der Waals surface area contributed by atoms with E-state index in [-0.39, 0.29) is 0 Å². The number of ether oxygens (including phenoxy) is 1. The van der Waals surface area contributed by atoms with Gasteiger partial charge in [0.15, 0.2) is 0 Å². The zero-order valence-electron chi connectivity index (χ0n) is 6.17. The maximum atomic E-state index is 5.56. The van der Waals surface area contributed by atoms with E-state index >= 15 is 0 Å². The number of halogens is 1. The summed E-state index contributed by atoms with van der Waals surface area (Å²) in [5, 5.41) is 0. The van der Waals surface area contributed by atoms with Crippen LogP contribution in [0.2, 0.25) is 0 Å². The molecule has 0 atom stereocenters. The van der Waals surface area contributed by atoms with Crippen LogP contribution in [-0.2, 0) is 11.3 Å². The number of nitrogens with zero attached hydrogens (tertiary/aromatic N) is 1. The van der Waals surface area contributed by atoms with Crippen molar-refractivity contribution >= 4 is 21.7 Å². The molecule has 4 heteroatoms. The second-order valence-electron chi connectivity index (χ2n) is 2.13. The Hall–Kier alpha value is -0.610. The molecule has 0 unspecified atom stereocenters. The van der Waals surface area contributed by atoms with Gasteiger partial charge in [-0.2, -0.15) is 0 Å². The third-order valence-electron chi connectivity index (χ3n) is 1.27. The molecule has 3 nitrogen and oxygen atoms in total. The summed E-state index contributed by atoms with van der Waals surface area (Å²) in [5.41, 5.74) is 6.47. The summed E-state index contributed by atoms with van der Waals surface area (Å²) in [7, 11) is 1.63. The van der Waals surface area contributed by atoms with Crippen molar-refractivity contribution in [3.63, 3.8) is 0 Å². The molecule has 1 rings (SSSR count). The van der Waals surface area contributed by atoms with Crippen molar-refractivity contribution in [2.24, 2.45) is 0 Å². The van der Waals surface area contributed by atoms with Crippen LogP contribution in [0.15, 0.2) is 16.7 Å². The minimum absolute atomic E-state index is 0.498. The molecule has 0 radical (unpaired) electrons. The fourth-order valence-electron chi connectivity index (χ4n) is 0.763. The van der Waals surface area contributed by atoms with Crippen molar-refractivity contribution < 1.29 is 4.74 Å². The van der Waals surface area contributed by atoms with Crippen molar-refractivity contribution in [3.8, 4) is 0 Å². The number of aromatic nitrogens is 1. The quantitative estimate of drug-likeness (QED) is 0.817. The zero-order chi connectivity index (χ0) is 8.27. The van der Waals surface area contributed by atoms with Crippen LogP contribution >= 0.6 is 15.9 Å². The number of rotatable bonds is 2. The van der Waals surface area contributed by atoms with Crippen LogP contribution in [0.4, 0.5) is 5.82 Å². The fraction of sp³-hybridized carbons (Fsp3) is 0.286. The van der Waals surface area contributed by atoms with E-state index in [0.717, 1.165) is 10.0 Å². The van der Waals surface area contributed by atoms with E-state index in [0.29, 0.717) is 12.4 Å². The lowest BCUT2D eigenvalue weighted by atomic mass is 10.3. The molecule has 0 saturated heterocycles. The average molecular weight is 217 g/mol. The first-order valence-electron chi connectivity index (χ1n) is 3.13. The van der Waals surface area contributed by atoms with Crippen LogP contribution in [0.5, 0.6) is 0 Å². The standard InChI is InChI=1S/C7H9BrN2O/c1-11-4-5-2-6(8)3-10-7(5)9/h2-3H,4H2,1H3,(H2,9,10). The van der Waals surface area contributed by atoms with E-state index in [1.165, 1.54) is 0 Å². The molecule has 2 N–H and O–H groups in total. The topological polar surface area (TPSA) is 48.1 Å². The lowest BCUT2D eigenvalue weighted by Crippen LogP contribution is -1.98. The fourth-order valence-corrected chi connectivity index (χ4v) is 1.14. The molecule has 0 saturated carbocycles. The Bertz CT molecular complexity index is 252. The summed E-state index contributed by atoms with van der Waals surface area (Å²) < 4.78 is 5.84. The summed E-state index contributed by atoms with van der Waals surface area (Å²) in [6.45, 7) is 0.498.